The Morgan fingerprint density at radius 3 is 2.44 bits per heavy atom. The molecule has 3 aromatic rings. The molecule has 1 saturated heterocycles. The number of aryl methyl sites for hydroxylation is 1. The molecule has 2 heterocycles. The molecule has 0 unspecified atom stereocenters. The summed E-state index contributed by atoms with van der Waals surface area (Å²) >= 11 is 5.70. The molecule has 0 amide bonds. The average Bonchev–Trinajstić information content (AvgIpc) is 3.33. The first kappa shape index (κ1) is 17.0. The van der Waals surface area contributed by atoms with E-state index < -0.39 is 0 Å². The summed E-state index contributed by atoms with van der Waals surface area (Å²) in [5.74, 6) is 3.41. The molecule has 0 spiro atoms. The van der Waals surface area contributed by atoms with Crippen LogP contribution >= 0.6 is 34.9 Å². The van der Waals surface area contributed by atoms with Gasteiger partial charge in [0.15, 0.2) is 0 Å². The Morgan fingerprint density at radius 1 is 1.00 bits per heavy atom. The lowest BCUT2D eigenvalue weighted by Gasteiger charge is -2.09. The highest BCUT2D eigenvalue weighted by Crippen LogP contribution is 2.45. The van der Waals surface area contributed by atoms with Gasteiger partial charge in [-0.1, -0.05) is 42.0 Å². The van der Waals surface area contributed by atoms with Crippen LogP contribution in [0.2, 0.25) is 0 Å². The minimum atomic E-state index is 0.517. The maximum Gasteiger partial charge on any atom is 0.140 e. The summed E-state index contributed by atoms with van der Waals surface area (Å²) in [7, 11) is 0. The summed E-state index contributed by atoms with van der Waals surface area (Å²) in [5.41, 5.74) is 4.83. The number of thioether (sulfide) groups is 2. The second-order valence-corrected chi connectivity index (χ2v) is 9.59. The summed E-state index contributed by atoms with van der Waals surface area (Å²) in [4.78, 5) is 4.69. The maximum absolute atomic E-state index is 5.91. The highest BCUT2D eigenvalue weighted by atomic mass is 32.2. The topological polar surface area (TPSA) is 22.1 Å². The van der Waals surface area contributed by atoms with E-state index in [1.54, 1.807) is 11.3 Å². The molecule has 1 fully saturated rings. The lowest BCUT2D eigenvalue weighted by molar-refractivity contribution is 0.305. The van der Waals surface area contributed by atoms with Gasteiger partial charge in [0.1, 0.15) is 17.4 Å². The lowest BCUT2D eigenvalue weighted by Crippen LogP contribution is -1.95. The van der Waals surface area contributed by atoms with Gasteiger partial charge in [-0.25, -0.2) is 4.98 Å². The Morgan fingerprint density at radius 2 is 1.72 bits per heavy atom. The fraction of sp³-hybridized carbons (Fsp3) is 0.250. The van der Waals surface area contributed by atoms with Crippen LogP contribution in [0.3, 0.4) is 0 Å². The highest BCUT2D eigenvalue weighted by Gasteiger charge is 2.17. The monoisotopic (exact) mass is 385 g/mol. The number of nitrogens with zero attached hydrogens (tertiary/aromatic N) is 1. The molecule has 1 aliphatic heterocycles. The average molecular weight is 386 g/mol. The van der Waals surface area contributed by atoms with Crippen LogP contribution in [0, 0.1) is 6.92 Å². The van der Waals surface area contributed by atoms with E-state index in [9.17, 15) is 0 Å². The van der Waals surface area contributed by atoms with Crippen molar-refractivity contribution in [2.24, 2.45) is 0 Å². The molecule has 0 radical (unpaired) electrons. The predicted molar refractivity (Wildman–Crippen MR) is 111 cm³/mol. The van der Waals surface area contributed by atoms with Gasteiger partial charge in [0, 0.05) is 22.4 Å². The Balaban J connectivity index is 1.37. The molecule has 25 heavy (non-hydrogen) atoms. The van der Waals surface area contributed by atoms with Crippen molar-refractivity contribution in [3.05, 3.63) is 70.0 Å². The minimum Gasteiger partial charge on any atom is -0.486 e. The Hall–Kier alpha value is -1.43. The summed E-state index contributed by atoms with van der Waals surface area (Å²) in [5, 5.41) is 3.10. The standard InChI is InChI=1S/C20H19NOS3/c1-14-2-4-15(5-3-14)18-13-25-19(21-18)12-22-17-8-6-16(7-9-17)20-23-10-11-24-20/h2-9,13,20H,10-12H2,1H3. The van der Waals surface area contributed by atoms with Crippen LogP contribution in [0.4, 0.5) is 0 Å². The fourth-order valence-electron chi connectivity index (χ4n) is 2.65. The SMILES string of the molecule is Cc1ccc(-c2csc(COc3ccc(C4SCCS4)cc3)n2)cc1. The molecule has 0 N–H and O–H groups in total. The number of hydrogen-bond donors (Lipinski definition) is 0. The number of ether oxygens (including phenoxy) is 1. The number of rotatable bonds is 5. The van der Waals surface area contributed by atoms with Gasteiger partial charge in [-0.05, 0) is 24.6 Å². The van der Waals surface area contributed by atoms with Crippen LogP contribution in [0.25, 0.3) is 11.3 Å². The molecular weight excluding hydrogens is 366 g/mol. The van der Waals surface area contributed by atoms with Gasteiger partial charge in [0.25, 0.3) is 0 Å². The zero-order chi connectivity index (χ0) is 17.1. The van der Waals surface area contributed by atoms with Crippen LogP contribution in [-0.2, 0) is 6.61 Å². The zero-order valence-electron chi connectivity index (χ0n) is 14.0. The molecule has 0 aliphatic carbocycles. The summed E-state index contributed by atoms with van der Waals surface area (Å²) in [6.45, 7) is 2.61. The third kappa shape index (κ3) is 4.22. The molecule has 4 rings (SSSR count). The van der Waals surface area contributed by atoms with E-state index in [0.717, 1.165) is 22.0 Å². The summed E-state index contributed by atoms with van der Waals surface area (Å²) < 4.78 is 6.50. The van der Waals surface area contributed by atoms with Crippen molar-refractivity contribution in [2.75, 3.05) is 11.5 Å². The van der Waals surface area contributed by atoms with Gasteiger partial charge in [-0.2, -0.15) is 0 Å². The quantitative estimate of drug-likeness (QED) is 0.523. The molecule has 128 valence electrons. The summed E-state index contributed by atoms with van der Waals surface area (Å²) in [6.07, 6.45) is 0. The maximum atomic E-state index is 5.91. The number of hydrogen-bond acceptors (Lipinski definition) is 5. The van der Waals surface area contributed by atoms with Crippen molar-refractivity contribution in [3.8, 4) is 17.0 Å². The van der Waals surface area contributed by atoms with E-state index in [1.807, 2.05) is 23.5 Å². The van der Waals surface area contributed by atoms with Gasteiger partial charge in [0.05, 0.1) is 10.3 Å². The van der Waals surface area contributed by atoms with E-state index in [1.165, 1.54) is 22.6 Å². The van der Waals surface area contributed by atoms with E-state index in [4.69, 9.17) is 9.72 Å². The van der Waals surface area contributed by atoms with Crippen molar-refractivity contribution in [2.45, 2.75) is 18.1 Å². The van der Waals surface area contributed by atoms with Gasteiger partial charge < -0.3 is 4.74 Å². The van der Waals surface area contributed by atoms with Crippen molar-refractivity contribution >= 4 is 34.9 Å². The highest BCUT2D eigenvalue weighted by molar-refractivity contribution is 8.19. The van der Waals surface area contributed by atoms with Crippen LogP contribution in [0.5, 0.6) is 5.75 Å². The number of aromatic nitrogens is 1. The van der Waals surface area contributed by atoms with Crippen LogP contribution in [0.15, 0.2) is 53.9 Å². The van der Waals surface area contributed by atoms with E-state index in [2.05, 4.69) is 60.8 Å². The minimum absolute atomic E-state index is 0.517. The Kier molecular flexibility index (Phi) is 5.34. The first-order chi connectivity index (χ1) is 12.3. The molecule has 5 heteroatoms. The molecule has 0 saturated carbocycles. The van der Waals surface area contributed by atoms with Crippen molar-refractivity contribution < 1.29 is 4.74 Å². The molecule has 2 nitrogen and oxygen atoms in total. The smallest absolute Gasteiger partial charge is 0.140 e. The summed E-state index contributed by atoms with van der Waals surface area (Å²) in [6, 6.07) is 17.0. The third-order valence-corrected chi connectivity index (χ3v) is 7.96. The van der Waals surface area contributed by atoms with Crippen molar-refractivity contribution in [1.82, 2.24) is 4.98 Å². The van der Waals surface area contributed by atoms with Gasteiger partial charge in [-0.15, -0.1) is 34.9 Å². The van der Waals surface area contributed by atoms with Crippen LogP contribution < -0.4 is 4.74 Å². The van der Waals surface area contributed by atoms with Gasteiger partial charge >= 0.3 is 0 Å². The predicted octanol–water partition coefficient (Wildman–Crippen LogP) is 6.18. The van der Waals surface area contributed by atoms with E-state index in [-0.39, 0.29) is 0 Å². The molecule has 0 atom stereocenters. The molecule has 2 aromatic carbocycles. The van der Waals surface area contributed by atoms with Gasteiger partial charge in [0.2, 0.25) is 0 Å². The first-order valence-corrected chi connectivity index (χ1v) is 11.2. The van der Waals surface area contributed by atoms with Crippen molar-refractivity contribution in [1.29, 1.82) is 0 Å². The van der Waals surface area contributed by atoms with E-state index >= 15 is 0 Å². The first-order valence-electron chi connectivity index (χ1n) is 8.25. The molecule has 1 aliphatic rings. The lowest BCUT2D eigenvalue weighted by atomic mass is 10.1. The van der Waals surface area contributed by atoms with E-state index in [0.29, 0.717) is 11.2 Å². The van der Waals surface area contributed by atoms with Crippen LogP contribution in [0.1, 0.15) is 20.7 Å². The second-order valence-electron chi connectivity index (χ2n) is 5.92. The third-order valence-electron chi connectivity index (χ3n) is 4.04. The Labute approximate surface area is 161 Å². The Bertz CT molecular complexity index is 821. The molecular formula is C20H19NOS3. The normalized spacial score (nSPS) is 14.8. The zero-order valence-corrected chi connectivity index (χ0v) is 16.4. The number of thiazole rings is 1. The van der Waals surface area contributed by atoms with Gasteiger partial charge in [-0.3, -0.25) is 0 Å². The molecule has 1 aromatic heterocycles. The number of benzene rings is 2. The van der Waals surface area contributed by atoms with Crippen molar-refractivity contribution in [3.63, 3.8) is 0 Å². The fourth-order valence-corrected chi connectivity index (χ4v) is 6.23. The largest absolute Gasteiger partial charge is 0.486 e. The van der Waals surface area contributed by atoms with Crippen LogP contribution in [-0.4, -0.2) is 16.5 Å². The molecule has 0 bridgehead atoms. The second kappa shape index (κ2) is 7.85.